The summed E-state index contributed by atoms with van der Waals surface area (Å²) in [6.45, 7) is 12.4. The Balaban J connectivity index is 1.69. The maximum atomic E-state index is 13.2. The van der Waals surface area contributed by atoms with Crippen LogP contribution >= 0.6 is 0 Å². The van der Waals surface area contributed by atoms with Gasteiger partial charge in [-0.15, -0.1) is 0 Å². The first-order valence-corrected chi connectivity index (χ1v) is 10.7. The number of carbonyl (C=O) groups excluding carboxylic acids is 1. The van der Waals surface area contributed by atoms with Gasteiger partial charge in [-0.2, -0.15) is 0 Å². The van der Waals surface area contributed by atoms with E-state index >= 15 is 0 Å². The number of rotatable bonds is 9. The van der Waals surface area contributed by atoms with Crippen LogP contribution in [0, 0.1) is 13.8 Å². The summed E-state index contributed by atoms with van der Waals surface area (Å²) in [6, 6.07) is 1.97. The van der Waals surface area contributed by atoms with Gasteiger partial charge in [0.05, 0.1) is 18.7 Å². The number of methoxy groups -OCH3 is 1. The molecule has 0 aromatic carbocycles. The summed E-state index contributed by atoms with van der Waals surface area (Å²) in [7, 11) is 1.69. The van der Waals surface area contributed by atoms with E-state index in [0.717, 1.165) is 48.8 Å². The molecule has 0 saturated carbocycles. The molecule has 3 rings (SSSR count). The average Bonchev–Trinajstić information content (AvgIpc) is 3.32. The van der Waals surface area contributed by atoms with Gasteiger partial charge >= 0.3 is 0 Å². The second kappa shape index (κ2) is 9.93. The fourth-order valence-corrected chi connectivity index (χ4v) is 4.02. The second-order valence-corrected chi connectivity index (χ2v) is 7.57. The van der Waals surface area contributed by atoms with Crippen LogP contribution in [0.4, 0.5) is 5.82 Å². The average molecular weight is 416 g/mol. The highest BCUT2D eigenvalue weighted by Gasteiger charge is 2.31. The van der Waals surface area contributed by atoms with Gasteiger partial charge in [0.15, 0.2) is 5.82 Å². The number of aromatic nitrogens is 3. The number of hydrogen-bond donors (Lipinski definition) is 0. The first-order chi connectivity index (χ1) is 14.5. The minimum atomic E-state index is -0.0862. The predicted octanol–water partition coefficient (Wildman–Crippen LogP) is 2.68. The number of nitrogens with zero attached hydrogens (tertiary/aromatic N) is 5. The molecule has 2 aromatic heterocycles. The van der Waals surface area contributed by atoms with Crippen LogP contribution in [-0.4, -0.2) is 71.3 Å². The Morgan fingerprint density at radius 1 is 1.23 bits per heavy atom. The molecule has 0 N–H and O–H groups in total. The van der Waals surface area contributed by atoms with Crippen molar-refractivity contribution in [2.75, 3.05) is 44.8 Å². The highest BCUT2D eigenvalue weighted by Crippen LogP contribution is 2.27. The Morgan fingerprint density at radius 2 is 1.97 bits per heavy atom. The summed E-state index contributed by atoms with van der Waals surface area (Å²) in [5.41, 5.74) is 2.81. The molecule has 0 spiro atoms. The van der Waals surface area contributed by atoms with E-state index in [9.17, 15) is 4.79 Å². The van der Waals surface area contributed by atoms with Crippen LogP contribution in [-0.2, 0) is 11.3 Å². The molecule has 1 atom stereocenters. The number of anilines is 1. The van der Waals surface area contributed by atoms with E-state index in [2.05, 4.69) is 33.3 Å². The lowest BCUT2D eigenvalue weighted by Crippen LogP contribution is -2.32. The molecule has 0 bridgehead atoms. The molecular weight excluding hydrogens is 382 g/mol. The number of carbonyl (C=O) groups is 1. The van der Waals surface area contributed by atoms with Gasteiger partial charge in [0.1, 0.15) is 6.10 Å². The molecular formula is C22H33N5O3. The second-order valence-electron chi connectivity index (χ2n) is 7.57. The maximum Gasteiger partial charge on any atom is 0.257 e. The summed E-state index contributed by atoms with van der Waals surface area (Å²) in [6.07, 6.45) is 4.03. The van der Waals surface area contributed by atoms with Crippen molar-refractivity contribution in [3.05, 3.63) is 35.4 Å². The molecule has 8 nitrogen and oxygen atoms in total. The van der Waals surface area contributed by atoms with Crippen LogP contribution in [0.15, 0.2) is 18.5 Å². The van der Waals surface area contributed by atoms with Crippen LogP contribution in [0.3, 0.4) is 0 Å². The minimum Gasteiger partial charge on any atom is -0.470 e. The highest BCUT2D eigenvalue weighted by molar-refractivity contribution is 5.96. The van der Waals surface area contributed by atoms with Gasteiger partial charge in [-0.1, -0.05) is 0 Å². The molecule has 2 aromatic rings. The molecule has 1 amide bonds. The molecule has 1 saturated heterocycles. The lowest BCUT2D eigenvalue weighted by Gasteiger charge is -2.23. The standard InChI is InChI=1S/C22H33N5O3/c1-6-25(7-2)20-21(24-10-9-23-20)30-18-8-11-26(15-18)22(28)19-14-16(3)27(17(19)4)12-13-29-5/h9-10,14,18H,6-8,11-13,15H2,1-5H3. The first-order valence-electron chi connectivity index (χ1n) is 10.7. The Hall–Kier alpha value is -2.61. The summed E-state index contributed by atoms with van der Waals surface area (Å²) in [4.78, 5) is 26.0. The van der Waals surface area contributed by atoms with Crippen LogP contribution in [0.2, 0.25) is 0 Å². The normalized spacial score (nSPS) is 16.2. The molecule has 1 aliphatic rings. The molecule has 164 valence electrons. The van der Waals surface area contributed by atoms with Gasteiger partial charge < -0.3 is 23.8 Å². The molecule has 0 radical (unpaired) electrons. The van der Waals surface area contributed by atoms with Crippen molar-refractivity contribution in [1.82, 2.24) is 19.4 Å². The lowest BCUT2D eigenvalue weighted by molar-refractivity contribution is 0.0770. The summed E-state index contributed by atoms with van der Waals surface area (Å²) >= 11 is 0. The Bertz CT molecular complexity index is 862. The van der Waals surface area contributed by atoms with Crippen molar-refractivity contribution >= 4 is 11.7 Å². The smallest absolute Gasteiger partial charge is 0.257 e. The van der Waals surface area contributed by atoms with Crippen molar-refractivity contribution in [1.29, 1.82) is 0 Å². The third-order valence-corrected chi connectivity index (χ3v) is 5.74. The molecule has 0 aliphatic carbocycles. The van der Waals surface area contributed by atoms with Gasteiger partial charge in [-0.05, 0) is 33.8 Å². The predicted molar refractivity (Wildman–Crippen MR) is 116 cm³/mol. The minimum absolute atomic E-state index is 0.0565. The van der Waals surface area contributed by atoms with Gasteiger partial charge in [0.25, 0.3) is 11.8 Å². The third kappa shape index (κ3) is 4.59. The SMILES string of the molecule is CCN(CC)c1nccnc1OC1CCN(C(=O)c2cc(C)n(CCOC)c2C)C1. The maximum absolute atomic E-state index is 13.2. The van der Waals surface area contributed by atoms with E-state index in [0.29, 0.717) is 25.6 Å². The molecule has 3 heterocycles. The highest BCUT2D eigenvalue weighted by atomic mass is 16.5. The fourth-order valence-electron chi connectivity index (χ4n) is 4.02. The molecule has 8 heteroatoms. The molecule has 1 unspecified atom stereocenters. The fraction of sp³-hybridized carbons (Fsp3) is 0.591. The molecule has 30 heavy (non-hydrogen) atoms. The molecule has 1 aliphatic heterocycles. The topological polar surface area (TPSA) is 72.7 Å². The van der Waals surface area contributed by atoms with Crippen LogP contribution in [0.5, 0.6) is 5.88 Å². The van der Waals surface area contributed by atoms with Crippen molar-refractivity contribution in [3.63, 3.8) is 0 Å². The Labute approximate surface area is 178 Å². The quantitative estimate of drug-likeness (QED) is 0.627. The molecule has 1 fully saturated rings. The van der Waals surface area contributed by atoms with E-state index in [1.165, 1.54) is 0 Å². The van der Waals surface area contributed by atoms with E-state index in [4.69, 9.17) is 9.47 Å². The van der Waals surface area contributed by atoms with Crippen LogP contribution < -0.4 is 9.64 Å². The largest absolute Gasteiger partial charge is 0.470 e. The summed E-state index contributed by atoms with van der Waals surface area (Å²) < 4.78 is 13.5. The van der Waals surface area contributed by atoms with Crippen LogP contribution in [0.1, 0.15) is 42.0 Å². The van der Waals surface area contributed by atoms with Crippen molar-refractivity contribution in [2.24, 2.45) is 0 Å². The zero-order valence-electron chi connectivity index (χ0n) is 18.7. The number of aryl methyl sites for hydroxylation is 1. The number of ether oxygens (including phenoxy) is 2. The van der Waals surface area contributed by atoms with Crippen molar-refractivity contribution < 1.29 is 14.3 Å². The van der Waals surface area contributed by atoms with Gasteiger partial charge in [0, 0.05) is 63.5 Å². The van der Waals surface area contributed by atoms with Gasteiger partial charge in [0.2, 0.25) is 0 Å². The summed E-state index contributed by atoms with van der Waals surface area (Å²) in [5, 5.41) is 0. The number of likely N-dealkylation sites (tertiary alicyclic amines) is 1. The van der Waals surface area contributed by atoms with E-state index in [1.807, 2.05) is 24.8 Å². The number of amides is 1. The Kier molecular flexibility index (Phi) is 7.31. The third-order valence-electron chi connectivity index (χ3n) is 5.74. The van der Waals surface area contributed by atoms with E-state index in [-0.39, 0.29) is 12.0 Å². The van der Waals surface area contributed by atoms with Gasteiger partial charge in [-0.25, -0.2) is 9.97 Å². The van der Waals surface area contributed by atoms with Crippen LogP contribution in [0.25, 0.3) is 0 Å². The zero-order valence-corrected chi connectivity index (χ0v) is 18.7. The first kappa shape index (κ1) is 22.1. The zero-order chi connectivity index (χ0) is 21.7. The monoisotopic (exact) mass is 415 g/mol. The number of hydrogen-bond acceptors (Lipinski definition) is 6. The summed E-state index contributed by atoms with van der Waals surface area (Å²) in [5.74, 6) is 1.35. The van der Waals surface area contributed by atoms with Crippen molar-refractivity contribution in [3.8, 4) is 5.88 Å². The van der Waals surface area contributed by atoms with E-state index in [1.54, 1.807) is 19.5 Å². The Morgan fingerprint density at radius 3 is 2.67 bits per heavy atom. The van der Waals surface area contributed by atoms with E-state index < -0.39 is 0 Å². The lowest BCUT2D eigenvalue weighted by atomic mass is 10.2. The van der Waals surface area contributed by atoms with Gasteiger partial charge in [-0.3, -0.25) is 4.79 Å². The van der Waals surface area contributed by atoms with Crippen molar-refractivity contribution in [2.45, 2.75) is 46.8 Å².